The lowest BCUT2D eigenvalue weighted by Crippen LogP contribution is -1.97. The Labute approximate surface area is 115 Å². The van der Waals surface area contributed by atoms with Gasteiger partial charge in [-0.3, -0.25) is 0 Å². The van der Waals surface area contributed by atoms with Gasteiger partial charge in [0.05, 0.1) is 9.26 Å². The van der Waals surface area contributed by atoms with E-state index in [0.717, 1.165) is 12.1 Å². The first kappa shape index (κ1) is 13.0. The first-order valence-corrected chi connectivity index (χ1v) is 5.93. The maximum atomic E-state index is 13.4. The summed E-state index contributed by atoms with van der Waals surface area (Å²) < 4.78 is 45.0. The van der Waals surface area contributed by atoms with E-state index in [4.69, 9.17) is 10.5 Å². The van der Waals surface area contributed by atoms with Gasteiger partial charge in [0.25, 0.3) is 0 Å². The van der Waals surface area contributed by atoms with E-state index in [1.807, 2.05) is 0 Å². The Kier molecular flexibility index (Phi) is 3.65. The van der Waals surface area contributed by atoms with E-state index in [1.54, 1.807) is 22.6 Å². The van der Waals surface area contributed by atoms with Crippen LogP contribution >= 0.6 is 22.6 Å². The lowest BCUT2D eigenvalue weighted by Gasteiger charge is -2.10. The second kappa shape index (κ2) is 5.05. The zero-order valence-electron chi connectivity index (χ0n) is 8.88. The van der Waals surface area contributed by atoms with Crippen molar-refractivity contribution < 1.29 is 17.9 Å². The molecule has 2 nitrogen and oxygen atoms in total. The van der Waals surface area contributed by atoms with Crippen LogP contribution in [0.15, 0.2) is 30.3 Å². The summed E-state index contributed by atoms with van der Waals surface area (Å²) in [4.78, 5) is 0. The number of hydrogen-bond acceptors (Lipinski definition) is 2. The summed E-state index contributed by atoms with van der Waals surface area (Å²) >= 11 is 1.77. The van der Waals surface area contributed by atoms with Gasteiger partial charge in [-0.15, -0.1) is 0 Å². The number of nitrogens with two attached hydrogens (primary N) is 1. The number of hydrogen-bond donors (Lipinski definition) is 1. The van der Waals surface area contributed by atoms with E-state index in [0.29, 0.717) is 3.57 Å². The summed E-state index contributed by atoms with van der Waals surface area (Å²) in [6.45, 7) is 0. The molecule has 0 saturated carbocycles. The average Bonchev–Trinajstić information content (AvgIpc) is 2.32. The molecule has 0 atom stereocenters. The SMILES string of the molecule is Nc1cc(I)c(F)cc1Oc1cccc(F)c1F. The van der Waals surface area contributed by atoms with Gasteiger partial charge in [-0.05, 0) is 40.8 Å². The predicted molar refractivity (Wildman–Crippen MR) is 70.0 cm³/mol. The highest BCUT2D eigenvalue weighted by Gasteiger charge is 2.13. The third-order valence-corrected chi connectivity index (χ3v) is 3.02. The highest BCUT2D eigenvalue weighted by Crippen LogP contribution is 2.32. The number of ether oxygens (including phenoxy) is 1. The van der Waals surface area contributed by atoms with Gasteiger partial charge in [0, 0.05) is 6.07 Å². The van der Waals surface area contributed by atoms with Crippen LogP contribution in [0, 0.1) is 21.0 Å². The Morgan fingerprint density at radius 3 is 2.44 bits per heavy atom. The van der Waals surface area contributed by atoms with Crippen molar-refractivity contribution in [1.82, 2.24) is 0 Å². The second-order valence-corrected chi connectivity index (χ2v) is 4.62. The van der Waals surface area contributed by atoms with E-state index in [1.165, 1.54) is 18.2 Å². The van der Waals surface area contributed by atoms with Crippen molar-refractivity contribution in [2.24, 2.45) is 0 Å². The Bertz CT molecular complexity index is 604. The topological polar surface area (TPSA) is 35.2 Å². The van der Waals surface area contributed by atoms with Gasteiger partial charge in [0.1, 0.15) is 5.82 Å². The molecule has 0 saturated heterocycles. The average molecular weight is 365 g/mol. The third kappa shape index (κ3) is 2.53. The Morgan fingerprint density at radius 2 is 1.72 bits per heavy atom. The number of anilines is 1. The maximum absolute atomic E-state index is 13.4. The molecule has 18 heavy (non-hydrogen) atoms. The molecule has 0 unspecified atom stereocenters. The fraction of sp³-hybridized carbons (Fsp3) is 0. The molecular weight excluding hydrogens is 358 g/mol. The first-order valence-electron chi connectivity index (χ1n) is 4.85. The summed E-state index contributed by atoms with van der Waals surface area (Å²) in [5, 5.41) is 0. The summed E-state index contributed by atoms with van der Waals surface area (Å²) in [6, 6.07) is 5.85. The molecule has 0 bridgehead atoms. The van der Waals surface area contributed by atoms with Gasteiger partial charge < -0.3 is 10.5 Å². The maximum Gasteiger partial charge on any atom is 0.201 e. The van der Waals surface area contributed by atoms with Gasteiger partial charge in [-0.2, -0.15) is 4.39 Å². The van der Waals surface area contributed by atoms with Crippen LogP contribution < -0.4 is 10.5 Å². The van der Waals surface area contributed by atoms with Crippen molar-refractivity contribution in [2.75, 3.05) is 5.73 Å². The lowest BCUT2D eigenvalue weighted by atomic mass is 10.3. The van der Waals surface area contributed by atoms with Crippen molar-refractivity contribution in [3.8, 4) is 11.5 Å². The molecule has 0 aliphatic rings. The quantitative estimate of drug-likeness (QED) is 0.643. The fourth-order valence-electron chi connectivity index (χ4n) is 1.31. The van der Waals surface area contributed by atoms with Crippen LogP contribution in [0.3, 0.4) is 0 Å². The molecule has 0 heterocycles. The monoisotopic (exact) mass is 365 g/mol. The van der Waals surface area contributed by atoms with Crippen LogP contribution in [0.25, 0.3) is 0 Å². The van der Waals surface area contributed by atoms with Crippen LogP contribution in [-0.4, -0.2) is 0 Å². The molecule has 0 aromatic heterocycles. The summed E-state index contributed by atoms with van der Waals surface area (Å²) in [6.07, 6.45) is 0. The van der Waals surface area contributed by atoms with Crippen molar-refractivity contribution >= 4 is 28.3 Å². The largest absolute Gasteiger partial charge is 0.452 e. The minimum atomic E-state index is -1.14. The molecule has 2 aromatic carbocycles. The molecule has 94 valence electrons. The van der Waals surface area contributed by atoms with Gasteiger partial charge in [-0.1, -0.05) is 6.07 Å². The summed E-state index contributed by atoms with van der Waals surface area (Å²) in [5.74, 6) is -3.13. The minimum absolute atomic E-state index is 0.0579. The number of rotatable bonds is 2. The molecule has 0 radical (unpaired) electrons. The zero-order valence-corrected chi connectivity index (χ0v) is 11.0. The Hall–Kier alpha value is -1.44. The Balaban J connectivity index is 2.40. The molecule has 2 aromatic rings. The second-order valence-electron chi connectivity index (χ2n) is 3.46. The molecule has 0 amide bonds. The van der Waals surface area contributed by atoms with Gasteiger partial charge in [0.15, 0.2) is 17.3 Å². The highest BCUT2D eigenvalue weighted by molar-refractivity contribution is 14.1. The van der Waals surface area contributed by atoms with Crippen molar-refractivity contribution in [1.29, 1.82) is 0 Å². The minimum Gasteiger partial charge on any atom is -0.452 e. The predicted octanol–water partition coefficient (Wildman–Crippen LogP) is 4.08. The van der Waals surface area contributed by atoms with Crippen LogP contribution in [0.1, 0.15) is 0 Å². The third-order valence-electron chi connectivity index (χ3n) is 2.19. The smallest absolute Gasteiger partial charge is 0.201 e. The van der Waals surface area contributed by atoms with Crippen molar-refractivity contribution in [3.63, 3.8) is 0 Å². The normalized spacial score (nSPS) is 10.4. The van der Waals surface area contributed by atoms with Gasteiger partial charge >= 0.3 is 0 Å². The molecule has 6 heteroatoms. The van der Waals surface area contributed by atoms with Crippen LogP contribution in [0.5, 0.6) is 11.5 Å². The summed E-state index contributed by atoms with van der Waals surface area (Å²) in [7, 11) is 0. The number of halogens is 4. The van der Waals surface area contributed by atoms with E-state index in [9.17, 15) is 13.2 Å². The molecule has 2 rings (SSSR count). The van der Waals surface area contributed by atoms with E-state index in [-0.39, 0.29) is 17.2 Å². The lowest BCUT2D eigenvalue weighted by molar-refractivity contribution is 0.415. The van der Waals surface area contributed by atoms with Crippen LogP contribution in [0.2, 0.25) is 0 Å². The molecule has 0 fully saturated rings. The van der Waals surface area contributed by atoms with Crippen molar-refractivity contribution in [3.05, 3.63) is 51.4 Å². The molecule has 2 N–H and O–H groups in total. The van der Waals surface area contributed by atoms with E-state index >= 15 is 0 Å². The number of benzene rings is 2. The van der Waals surface area contributed by atoms with Gasteiger partial charge in [0.2, 0.25) is 5.82 Å². The molecule has 0 spiro atoms. The standard InChI is InChI=1S/C12H7F3INO/c13-6-2-1-3-10(12(6)15)18-11-4-7(14)8(16)5-9(11)17/h1-5H,17H2. The first-order chi connectivity index (χ1) is 8.49. The molecule has 0 aliphatic carbocycles. The van der Waals surface area contributed by atoms with Crippen molar-refractivity contribution in [2.45, 2.75) is 0 Å². The molecule has 0 aliphatic heterocycles. The Morgan fingerprint density at radius 1 is 1.00 bits per heavy atom. The molecular formula is C12H7F3INO. The van der Waals surface area contributed by atoms with Crippen LogP contribution in [-0.2, 0) is 0 Å². The van der Waals surface area contributed by atoms with Gasteiger partial charge in [-0.25, -0.2) is 8.78 Å². The van der Waals surface area contributed by atoms with E-state index < -0.39 is 17.5 Å². The highest BCUT2D eigenvalue weighted by atomic mass is 127. The summed E-state index contributed by atoms with van der Waals surface area (Å²) in [5.41, 5.74) is 5.76. The zero-order chi connectivity index (χ0) is 13.3. The number of nitrogen functional groups attached to an aromatic ring is 1. The fourth-order valence-corrected chi connectivity index (χ4v) is 1.80. The van der Waals surface area contributed by atoms with E-state index in [2.05, 4.69) is 0 Å². The van der Waals surface area contributed by atoms with Crippen LogP contribution in [0.4, 0.5) is 18.9 Å².